The van der Waals surface area contributed by atoms with Crippen LogP contribution in [0.3, 0.4) is 0 Å². The number of phenols is 1. The second-order valence-corrected chi connectivity index (χ2v) is 8.28. The van der Waals surface area contributed by atoms with E-state index >= 15 is 0 Å². The highest BCUT2D eigenvalue weighted by Gasteiger charge is 2.23. The summed E-state index contributed by atoms with van der Waals surface area (Å²) in [5.74, 6) is -0.223. The molecule has 0 spiro atoms. The van der Waals surface area contributed by atoms with Gasteiger partial charge in [-0.2, -0.15) is 0 Å². The molecule has 2 rings (SSSR count). The van der Waals surface area contributed by atoms with Crippen LogP contribution in [0.2, 0.25) is 0 Å². The van der Waals surface area contributed by atoms with Crippen molar-refractivity contribution < 1.29 is 24.2 Å². The number of aromatic hydroxyl groups is 1. The summed E-state index contributed by atoms with van der Waals surface area (Å²) in [5, 5.41) is 10.4. The molecule has 26 heavy (non-hydrogen) atoms. The molecule has 6 nitrogen and oxygen atoms in total. The molecule has 1 N–H and O–H groups in total. The zero-order valence-corrected chi connectivity index (χ0v) is 16.3. The van der Waals surface area contributed by atoms with Gasteiger partial charge in [0.15, 0.2) is 0 Å². The van der Waals surface area contributed by atoms with Gasteiger partial charge in [0.05, 0.1) is 11.9 Å². The lowest BCUT2D eigenvalue weighted by Crippen LogP contribution is -2.28. The van der Waals surface area contributed by atoms with Gasteiger partial charge in [0.1, 0.15) is 17.0 Å². The number of hydrogen-bond donors (Lipinski definition) is 1. The predicted molar refractivity (Wildman–Crippen MR) is 99.4 cm³/mol. The first-order valence-corrected chi connectivity index (χ1v) is 8.64. The van der Waals surface area contributed by atoms with Gasteiger partial charge in [-0.25, -0.2) is 9.36 Å². The average molecular weight is 361 g/mol. The lowest BCUT2D eigenvalue weighted by atomic mass is 10.2. The van der Waals surface area contributed by atoms with E-state index in [2.05, 4.69) is 0 Å². The molecule has 0 aliphatic rings. The standard InChI is InChI=1S/C20H27NO5/c1-19(2,3)25-17(23)10-7-14-11-13-12-15(22)8-9-16(13)21(14)18(24)26-20(4,5)6/h8-9,11-12,22H,7,10H2,1-6H3. The highest BCUT2D eigenvalue weighted by atomic mass is 16.6. The van der Waals surface area contributed by atoms with E-state index in [1.54, 1.807) is 39.0 Å². The summed E-state index contributed by atoms with van der Waals surface area (Å²) in [6.45, 7) is 10.8. The molecule has 1 aromatic carbocycles. The van der Waals surface area contributed by atoms with Crippen molar-refractivity contribution in [3.05, 3.63) is 30.0 Å². The van der Waals surface area contributed by atoms with E-state index in [1.165, 1.54) is 10.6 Å². The molecule has 6 heteroatoms. The molecule has 142 valence electrons. The first-order valence-electron chi connectivity index (χ1n) is 8.64. The maximum absolute atomic E-state index is 12.7. The smallest absolute Gasteiger partial charge is 0.419 e. The number of carbonyl (C=O) groups is 2. The van der Waals surface area contributed by atoms with Crippen LogP contribution < -0.4 is 0 Å². The highest BCUT2D eigenvalue weighted by Crippen LogP contribution is 2.26. The van der Waals surface area contributed by atoms with Gasteiger partial charge in [-0.05, 0) is 72.2 Å². The van der Waals surface area contributed by atoms with Crippen molar-refractivity contribution in [1.82, 2.24) is 4.57 Å². The summed E-state index contributed by atoms with van der Waals surface area (Å²) in [7, 11) is 0. The van der Waals surface area contributed by atoms with E-state index in [0.29, 0.717) is 23.0 Å². The number of esters is 1. The molecule has 0 unspecified atom stereocenters. The third kappa shape index (κ3) is 5.25. The van der Waals surface area contributed by atoms with Crippen LogP contribution in [0.15, 0.2) is 24.3 Å². The van der Waals surface area contributed by atoms with Gasteiger partial charge >= 0.3 is 12.1 Å². The van der Waals surface area contributed by atoms with Crippen LogP contribution in [0.5, 0.6) is 5.75 Å². The van der Waals surface area contributed by atoms with E-state index in [1.807, 2.05) is 20.8 Å². The largest absolute Gasteiger partial charge is 0.508 e. The Bertz CT molecular complexity index is 821. The zero-order valence-electron chi connectivity index (χ0n) is 16.3. The quantitative estimate of drug-likeness (QED) is 0.820. The van der Waals surface area contributed by atoms with Crippen molar-refractivity contribution in [2.45, 2.75) is 65.6 Å². The van der Waals surface area contributed by atoms with Gasteiger partial charge in [-0.1, -0.05) is 0 Å². The number of carbonyl (C=O) groups excluding carboxylic acids is 2. The molecule has 1 heterocycles. The van der Waals surface area contributed by atoms with Crippen LogP contribution >= 0.6 is 0 Å². The second kappa shape index (κ2) is 7.02. The molecule has 2 aromatic rings. The highest BCUT2D eigenvalue weighted by molar-refractivity contribution is 5.92. The molecule has 0 radical (unpaired) electrons. The van der Waals surface area contributed by atoms with Gasteiger partial charge < -0.3 is 14.6 Å². The number of benzene rings is 1. The normalized spacial score (nSPS) is 12.2. The molecule has 0 bridgehead atoms. The molecule has 0 saturated carbocycles. The van der Waals surface area contributed by atoms with Crippen molar-refractivity contribution in [3.8, 4) is 5.75 Å². The van der Waals surface area contributed by atoms with Gasteiger partial charge in [0.25, 0.3) is 0 Å². The van der Waals surface area contributed by atoms with Crippen LogP contribution in [-0.4, -0.2) is 32.9 Å². The average Bonchev–Trinajstić information content (AvgIpc) is 2.78. The number of aromatic nitrogens is 1. The molecular formula is C20H27NO5. The van der Waals surface area contributed by atoms with Crippen LogP contribution in [0.4, 0.5) is 4.79 Å². The van der Waals surface area contributed by atoms with Crippen molar-refractivity contribution in [3.63, 3.8) is 0 Å². The predicted octanol–water partition coefficient (Wildman–Crippen LogP) is 4.40. The maximum atomic E-state index is 12.7. The third-order valence-corrected chi connectivity index (χ3v) is 3.44. The summed E-state index contributed by atoms with van der Waals surface area (Å²) < 4.78 is 12.3. The van der Waals surface area contributed by atoms with E-state index in [4.69, 9.17) is 9.47 Å². The van der Waals surface area contributed by atoms with Crippen molar-refractivity contribution in [2.24, 2.45) is 0 Å². The number of fused-ring (bicyclic) bond motifs is 1. The van der Waals surface area contributed by atoms with Crippen molar-refractivity contribution in [2.75, 3.05) is 0 Å². The van der Waals surface area contributed by atoms with E-state index in [9.17, 15) is 14.7 Å². The molecule has 0 amide bonds. The Morgan fingerprint density at radius 3 is 2.19 bits per heavy atom. The number of rotatable bonds is 3. The fourth-order valence-electron chi connectivity index (χ4n) is 2.59. The van der Waals surface area contributed by atoms with Gasteiger partial charge in [-0.15, -0.1) is 0 Å². The van der Waals surface area contributed by atoms with Gasteiger partial charge in [0.2, 0.25) is 0 Å². The summed E-state index contributed by atoms with van der Waals surface area (Å²) in [6.07, 6.45) is -0.0521. The molecule has 0 aliphatic carbocycles. The maximum Gasteiger partial charge on any atom is 0.419 e. The lowest BCUT2D eigenvalue weighted by Gasteiger charge is -2.21. The van der Waals surface area contributed by atoms with Crippen molar-refractivity contribution in [1.29, 1.82) is 0 Å². The molecular weight excluding hydrogens is 334 g/mol. The minimum atomic E-state index is -0.646. The Labute approximate surface area is 153 Å². The Morgan fingerprint density at radius 1 is 1.00 bits per heavy atom. The Hall–Kier alpha value is -2.50. The third-order valence-electron chi connectivity index (χ3n) is 3.44. The number of aryl methyl sites for hydroxylation is 1. The summed E-state index contributed by atoms with van der Waals surface area (Å²) >= 11 is 0. The second-order valence-electron chi connectivity index (χ2n) is 8.28. The number of ether oxygens (including phenoxy) is 2. The number of nitrogens with zero attached hydrogens (tertiary/aromatic N) is 1. The van der Waals surface area contributed by atoms with E-state index < -0.39 is 17.3 Å². The van der Waals surface area contributed by atoms with Crippen LogP contribution in [0.25, 0.3) is 10.9 Å². The molecule has 0 aliphatic heterocycles. The summed E-state index contributed by atoms with van der Waals surface area (Å²) in [6, 6.07) is 6.53. The lowest BCUT2D eigenvalue weighted by molar-refractivity contribution is -0.154. The molecule has 0 saturated heterocycles. The Morgan fingerprint density at radius 2 is 1.62 bits per heavy atom. The van der Waals surface area contributed by atoms with Crippen LogP contribution in [0.1, 0.15) is 53.7 Å². The number of hydrogen-bond acceptors (Lipinski definition) is 5. The van der Waals surface area contributed by atoms with Gasteiger partial charge in [-0.3, -0.25) is 4.79 Å². The minimum Gasteiger partial charge on any atom is -0.508 e. The van der Waals surface area contributed by atoms with Crippen LogP contribution in [-0.2, 0) is 20.7 Å². The topological polar surface area (TPSA) is 77.8 Å². The zero-order chi connectivity index (χ0) is 19.7. The summed E-state index contributed by atoms with van der Waals surface area (Å²) in [5.41, 5.74) is 0.0512. The fourth-order valence-corrected chi connectivity index (χ4v) is 2.59. The van der Waals surface area contributed by atoms with E-state index in [-0.39, 0.29) is 18.1 Å². The number of phenolic OH excluding ortho intramolecular Hbond substituents is 1. The molecule has 0 fully saturated rings. The Balaban J connectivity index is 2.34. The minimum absolute atomic E-state index is 0.109. The SMILES string of the molecule is CC(C)(C)OC(=O)CCc1cc2cc(O)ccc2n1C(=O)OC(C)(C)C. The summed E-state index contributed by atoms with van der Waals surface area (Å²) in [4.78, 5) is 24.7. The fraction of sp³-hybridized carbons (Fsp3) is 0.500. The first kappa shape index (κ1) is 19.8. The first-order chi connectivity index (χ1) is 11.9. The monoisotopic (exact) mass is 361 g/mol. The Kier molecular flexibility index (Phi) is 5.35. The molecule has 0 atom stereocenters. The van der Waals surface area contributed by atoms with E-state index in [0.717, 1.165) is 0 Å². The van der Waals surface area contributed by atoms with Crippen LogP contribution in [0, 0.1) is 0 Å². The van der Waals surface area contributed by atoms with Crippen molar-refractivity contribution >= 4 is 23.0 Å². The molecule has 1 aromatic heterocycles. The van der Waals surface area contributed by atoms with Gasteiger partial charge in [0, 0.05) is 11.1 Å².